The van der Waals surface area contributed by atoms with E-state index in [1.165, 1.54) is 5.56 Å². The number of imidazole rings is 1. The molecule has 138 valence electrons. The molecule has 0 N–H and O–H groups in total. The van der Waals surface area contributed by atoms with E-state index in [2.05, 4.69) is 22.1 Å². The van der Waals surface area contributed by atoms with E-state index in [1.807, 2.05) is 33.7 Å². The average molecular weight is 362 g/mol. The molecule has 0 aliphatic carbocycles. The van der Waals surface area contributed by atoms with Gasteiger partial charge in [-0.1, -0.05) is 30.3 Å². The van der Waals surface area contributed by atoms with Crippen LogP contribution in [0.15, 0.2) is 48.9 Å². The Morgan fingerprint density at radius 1 is 1.19 bits per heavy atom. The van der Waals surface area contributed by atoms with Crippen molar-refractivity contribution in [1.29, 1.82) is 0 Å². The zero-order chi connectivity index (χ0) is 18.3. The highest BCUT2D eigenvalue weighted by Gasteiger charge is 2.42. The molecule has 1 unspecified atom stereocenters. The van der Waals surface area contributed by atoms with Gasteiger partial charge in [0.05, 0.1) is 25.0 Å². The molecule has 1 aromatic carbocycles. The highest BCUT2D eigenvalue weighted by molar-refractivity contribution is 5.96. The first-order valence-corrected chi connectivity index (χ1v) is 9.44. The number of carbonyl (C=O) groups excluding carboxylic acids is 1. The van der Waals surface area contributed by atoms with E-state index in [0.717, 1.165) is 50.3 Å². The summed E-state index contributed by atoms with van der Waals surface area (Å²) in [4.78, 5) is 23.9. The molecule has 27 heavy (non-hydrogen) atoms. The number of rotatable bonds is 3. The minimum absolute atomic E-state index is 0.0470. The lowest BCUT2D eigenvalue weighted by molar-refractivity contribution is 0.0765. The molecule has 2 aromatic heterocycles. The molecule has 3 aromatic rings. The third-order valence-corrected chi connectivity index (χ3v) is 5.81. The van der Waals surface area contributed by atoms with Gasteiger partial charge in [0, 0.05) is 31.3 Å². The number of amides is 1. The van der Waals surface area contributed by atoms with Crippen molar-refractivity contribution in [2.24, 2.45) is 5.41 Å². The summed E-state index contributed by atoms with van der Waals surface area (Å²) in [5.74, 6) is 0.0470. The Kier molecular flexibility index (Phi) is 3.93. The van der Waals surface area contributed by atoms with E-state index in [9.17, 15) is 4.79 Å². The average Bonchev–Trinajstić information content (AvgIpc) is 3.44. The molecule has 5 rings (SSSR count). The van der Waals surface area contributed by atoms with Crippen LogP contribution in [0.2, 0.25) is 0 Å². The lowest BCUT2D eigenvalue weighted by Gasteiger charge is -2.21. The molecule has 1 atom stereocenters. The number of likely N-dealkylation sites (tertiary alicyclic amines) is 1. The van der Waals surface area contributed by atoms with Crippen molar-refractivity contribution < 1.29 is 9.53 Å². The van der Waals surface area contributed by atoms with Crippen LogP contribution in [-0.4, -0.2) is 51.6 Å². The molecule has 0 bridgehead atoms. The van der Waals surface area contributed by atoms with Gasteiger partial charge in [0.15, 0.2) is 5.65 Å². The zero-order valence-electron chi connectivity index (χ0n) is 15.2. The Balaban J connectivity index is 1.37. The van der Waals surface area contributed by atoms with Gasteiger partial charge in [-0.05, 0) is 24.5 Å². The van der Waals surface area contributed by atoms with Crippen molar-refractivity contribution >= 4 is 17.1 Å². The van der Waals surface area contributed by atoms with Gasteiger partial charge in [-0.2, -0.15) is 0 Å². The lowest BCUT2D eigenvalue weighted by atomic mass is 9.87. The number of pyridine rings is 1. The number of ether oxygens (including phenoxy) is 1. The number of carbonyl (C=O) groups is 1. The third kappa shape index (κ3) is 3.00. The van der Waals surface area contributed by atoms with Crippen LogP contribution in [0.25, 0.3) is 11.2 Å². The van der Waals surface area contributed by atoms with E-state index < -0.39 is 0 Å². The first-order chi connectivity index (χ1) is 13.2. The maximum atomic E-state index is 12.9. The molecule has 1 spiro atoms. The van der Waals surface area contributed by atoms with Crippen LogP contribution >= 0.6 is 0 Å². The SMILES string of the molecule is O=C(c1cnc2c(c1)ncn2Cc1ccccc1)N1CCC2(CCOC2)C1. The number of benzene rings is 1. The highest BCUT2D eigenvalue weighted by Crippen LogP contribution is 2.38. The molecular weight excluding hydrogens is 340 g/mol. The molecule has 4 heterocycles. The largest absolute Gasteiger partial charge is 0.381 e. The Morgan fingerprint density at radius 2 is 2.07 bits per heavy atom. The smallest absolute Gasteiger partial charge is 0.255 e. The van der Waals surface area contributed by atoms with E-state index in [1.54, 1.807) is 12.5 Å². The summed E-state index contributed by atoms with van der Waals surface area (Å²) < 4.78 is 7.58. The van der Waals surface area contributed by atoms with Crippen molar-refractivity contribution in [3.8, 4) is 0 Å². The summed E-state index contributed by atoms with van der Waals surface area (Å²) in [5, 5.41) is 0. The Morgan fingerprint density at radius 3 is 2.89 bits per heavy atom. The molecule has 6 heteroatoms. The molecule has 0 radical (unpaired) electrons. The maximum absolute atomic E-state index is 12.9. The Bertz CT molecular complexity index is 976. The van der Waals surface area contributed by atoms with Crippen molar-refractivity contribution in [3.05, 3.63) is 60.0 Å². The second kappa shape index (κ2) is 6.46. The zero-order valence-corrected chi connectivity index (χ0v) is 15.2. The van der Waals surface area contributed by atoms with Crippen LogP contribution in [0.5, 0.6) is 0 Å². The summed E-state index contributed by atoms with van der Waals surface area (Å²) in [5.41, 5.74) is 3.54. The summed E-state index contributed by atoms with van der Waals surface area (Å²) in [6.07, 6.45) is 5.56. The molecule has 2 aliphatic rings. The summed E-state index contributed by atoms with van der Waals surface area (Å²) in [6.45, 7) is 3.88. The monoisotopic (exact) mass is 362 g/mol. The van der Waals surface area contributed by atoms with E-state index in [4.69, 9.17) is 4.74 Å². The fourth-order valence-electron chi connectivity index (χ4n) is 4.22. The highest BCUT2D eigenvalue weighted by atomic mass is 16.5. The van der Waals surface area contributed by atoms with Crippen molar-refractivity contribution in [1.82, 2.24) is 19.4 Å². The lowest BCUT2D eigenvalue weighted by Crippen LogP contribution is -2.32. The standard InChI is InChI=1S/C21H22N4O2/c26-20(24-8-6-21(13-24)7-9-27-14-21)17-10-18-19(22-11-17)25(15-23-18)12-16-4-2-1-3-5-16/h1-5,10-11,15H,6-9,12-14H2. The second-order valence-corrected chi connectivity index (χ2v) is 7.70. The summed E-state index contributed by atoms with van der Waals surface area (Å²) in [7, 11) is 0. The molecule has 6 nitrogen and oxygen atoms in total. The third-order valence-electron chi connectivity index (χ3n) is 5.81. The van der Waals surface area contributed by atoms with Gasteiger partial charge in [-0.25, -0.2) is 9.97 Å². The summed E-state index contributed by atoms with van der Waals surface area (Å²) >= 11 is 0. The van der Waals surface area contributed by atoms with Crippen molar-refractivity contribution in [2.45, 2.75) is 19.4 Å². The van der Waals surface area contributed by atoms with Crippen LogP contribution < -0.4 is 0 Å². The number of nitrogens with zero attached hydrogens (tertiary/aromatic N) is 4. The fraction of sp³-hybridized carbons (Fsp3) is 0.381. The number of aromatic nitrogens is 3. The second-order valence-electron chi connectivity index (χ2n) is 7.70. The maximum Gasteiger partial charge on any atom is 0.255 e. The van der Waals surface area contributed by atoms with Crippen molar-refractivity contribution in [3.63, 3.8) is 0 Å². The number of hydrogen-bond donors (Lipinski definition) is 0. The van der Waals surface area contributed by atoms with E-state index >= 15 is 0 Å². The van der Waals surface area contributed by atoms with Gasteiger partial charge >= 0.3 is 0 Å². The molecule has 2 fully saturated rings. The quantitative estimate of drug-likeness (QED) is 0.719. The molecular formula is C21H22N4O2. The first-order valence-electron chi connectivity index (χ1n) is 9.44. The van der Waals surface area contributed by atoms with Crippen LogP contribution in [0, 0.1) is 5.41 Å². The van der Waals surface area contributed by atoms with Crippen LogP contribution in [0.3, 0.4) is 0 Å². The minimum Gasteiger partial charge on any atom is -0.381 e. The fourth-order valence-corrected chi connectivity index (χ4v) is 4.22. The Hall–Kier alpha value is -2.73. The van der Waals surface area contributed by atoms with Gasteiger partial charge in [0.1, 0.15) is 5.52 Å². The minimum atomic E-state index is 0.0470. The van der Waals surface area contributed by atoms with Crippen molar-refractivity contribution in [2.75, 3.05) is 26.3 Å². The molecule has 2 aliphatic heterocycles. The van der Waals surface area contributed by atoms with Crippen LogP contribution in [-0.2, 0) is 11.3 Å². The molecule has 1 amide bonds. The van der Waals surface area contributed by atoms with Gasteiger partial charge in [0.25, 0.3) is 5.91 Å². The van der Waals surface area contributed by atoms with E-state index in [0.29, 0.717) is 12.1 Å². The van der Waals surface area contributed by atoms with Crippen LogP contribution in [0.1, 0.15) is 28.8 Å². The normalized spacial score (nSPS) is 22.1. The topological polar surface area (TPSA) is 60.2 Å². The molecule has 0 saturated carbocycles. The Labute approximate surface area is 157 Å². The van der Waals surface area contributed by atoms with Gasteiger partial charge in [-0.15, -0.1) is 0 Å². The number of hydrogen-bond acceptors (Lipinski definition) is 4. The predicted molar refractivity (Wildman–Crippen MR) is 101 cm³/mol. The van der Waals surface area contributed by atoms with Crippen LogP contribution in [0.4, 0.5) is 0 Å². The van der Waals surface area contributed by atoms with Gasteiger partial charge in [0.2, 0.25) is 0 Å². The number of fused-ring (bicyclic) bond motifs is 1. The van der Waals surface area contributed by atoms with Gasteiger partial charge in [-0.3, -0.25) is 4.79 Å². The van der Waals surface area contributed by atoms with E-state index in [-0.39, 0.29) is 11.3 Å². The summed E-state index contributed by atoms with van der Waals surface area (Å²) in [6, 6.07) is 12.1. The first kappa shape index (κ1) is 16.4. The molecule has 2 saturated heterocycles. The predicted octanol–water partition coefficient (Wildman–Crippen LogP) is 2.73. The van der Waals surface area contributed by atoms with Gasteiger partial charge < -0.3 is 14.2 Å².